The minimum Gasteiger partial charge on any atom is -0.300 e. The summed E-state index contributed by atoms with van der Waals surface area (Å²) in [5.41, 5.74) is -0.788. The van der Waals surface area contributed by atoms with E-state index < -0.39 is 11.6 Å². The van der Waals surface area contributed by atoms with Gasteiger partial charge in [0, 0.05) is 0 Å². The molecule has 0 radical (unpaired) electrons. The Morgan fingerprint density at radius 1 is 1.05 bits per heavy atom. The molecule has 0 fully saturated rings. The van der Waals surface area contributed by atoms with Crippen molar-refractivity contribution in [2.24, 2.45) is 10.2 Å². The molecule has 1 aromatic carbocycles. The van der Waals surface area contributed by atoms with Crippen molar-refractivity contribution in [3.05, 3.63) is 35.4 Å². The van der Waals surface area contributed by atoms with E-state index in [9.17, 15) is 19.2 Å². The molecule has 0 aliphatic carbocycles. The maximum Gasteiger partial charge on any atom is 0.216 e. The molecule has 0 aromatic heterocycles. The van der Waals surface area contributed by atoms with Crippen LogP contribution in [0.25, 0.3) is 0 Å². The van der Waals surface area contributed by atoms with Crippen LogP contribution in [0.1, 0.15) is 11.1 Å². The van der Waals surface area contributed by atoms with Crippen LogP contribution < -0.4 is 0 Å². The number of carbonyl (C=O) groups is 4. The Morgan fingerprint density at radius 2 is 1.63 bits per heavy atom. The molecule has 19 heavy (non-hydrogen) atoms. The van der Waals surface area contributed by atoms with Crippen LogP contribution in [0, 0.1) is 6.92 Å². The molecule has 0 unspecified atom stereocenters. The summed E-state index contributed by atoms with van der Waals surface area (Å²) in [5, 5.41) is 7.01. The van der Waals surface area contributed by atoms with Crippen LogP contribution in [0.3, 0.4) is 0 Å². The van der Waals surface area contributed by atoms with Gasteiger partial charge in [0.15, 0.2) is 31.2 Å². The molecule has 0 heterocycles. The largest absolute Gasteiger partial charge is 0.300 e. The lowest BCUT2D eigenvalue weighted by molar-refractivity contribution is -0.122. The topological polar surface area (TPSA) is 93.0 Å². The van der Waals surface area contributed by atoms with Gasteiger partial charge < -0.3 is 9.59 Å². The lowest BCUT2D eigenvalue weighted by atomic mass is 9.90. The standard InChI is InChI=1S/C13H12N2O4/c1-10-4-2-3-5-12(10)13(8-18,9-19)15-14-11(6-16)7-17/h2-9,11H,1H3. The summed E-state index contributed by atoms with van der Waals surface area (Å²) < 4.78 is 0. The van der Waals surface area contributed by atoms with Crippen LogP contribution in [-0.2, 0) is 24.7 Å². The summed E-state index contributed by atoms with van der Waals surface area (Å²) in [4.78, 5) is 43.4. The molecule has 0 aliphatic rings. The number of carbonyl (C=O) groups excluding carboxylic acids is 4. The van der Waals surface area contributed by atoms with E-state index in [1.165, 1.54) is 0 Å². The molecule has 0 bridgehead atoms. The molecule has 0 aliphatic heterocycles. The van der Waals surface area contributed by atoms with Gasteiger partial charge in [-0.25, -0.2) is 0 Å². The fourth-order valence-electron chi connectivity index (χ4n) is 1.53. The van der Waals surface area contributed by atoms with Crippen molar-refractivity contribution in [1.82, 2.24) is 0 Å². The van der Waals surface area contributed by atoms with Crippen LogP contribution in [-0.4, -0.2) is 31.2 Å². The Morgan fingerprint density at radius 3 is 2.11 bits per heavy atom. The second-order valence-electron chi connectivity index (χ2n) is 3.85. The van der Waals surface area contributed by atoms with Crippen molar-refractivity contribution in [3.8, 4) is 0 Å². The van der Waals surface area contributed by atoms with Gasteiger partial charge in [0.1, 0.15) is 0 Å². The molecule has 98 valence electrons. The summed E-state index contributed by atoms with van der Waals surface area (Å²) in [5.74, 6) is 0. The Balaban J connectivity index is 3.29. The third-order valence-electron chi connectivity index (χ3n) is 2.57. The van der Waals surface area contributed by atoms with Crippen molar-refractivity contribution in [1.29, 1.82) is 0 Å². The smallest absolute Gasteiger partial charge is 0.216 e. The van der Waals surface area contributed by atoms with E-state index in [1.54, 1.807) is 31.2 Å². The quantitative estimate of drug-likeness (QED) is 0.412. The van der Waals surface area contributed by atoms with E-state index in [2.05, 4.69) is 10.2 Å². The van der Waals surface area contributed by atoms with Crippen LogP contribution in [0.4, 0.5) is 0 Å². The van der Waals surface area contributed by atoms with Gasteiger partial charge in [0.05, 0.1) is 0 Å². The predicted octanol–water partition coefficient (Wildman–Crippen LogP) is 0.807. The summed E-state index contributed by atoms with van der Waals surface area (Å²) in [6.07, 6.45) is 1.21. The van der Waals surface area contributed by atoms with Crippen molar-refractivity contribution < 1.29 is 19.2 Å². The summed E-state index contributed by atoms with van der Waals surface area (Å²) in [6.45, 7) is 1.71. The van der Waals surface area contributed by atoms with Gasteiger partial charge in [-0.15, -0.1) is 0 Å². The average Bonchev–Trinajstić information content (AvgIpc) is 2.46. The van der Waals surface area contributed by atoms with Crippen molar-refractivity contribution >= 4 is 25.1 Å². The fourth-order valence-corrected chi connectivity index (χ4v) is 1.53. The number of nitrogens with zero attached hydrogens (tertiary/aromatic N) is 2. The number of hydrogen-bond donors (Lipinski definition) is 0. The second-order valence-corrected chi connectivity index (χ2v) is 3.85. The minimum atomic E-state index is -1.82. The van der Waals surface area contributed by atoms with E-state index in [4.69, 9.17) is 0 Å². The van der Waals surface area contributed by atoms with E-state index in [0.29, 0.717) is 23.7 Å². The van der Waals surface area contributed by atoms with Gasteiger partial charge >= 0.3 is 0 Å². The Labute approximate surface area is 109 Å². The molecule has 1 rings (SSSR count). The lowest BCUT2D eigenvalue weighted by Crippen LogP contribution is -2.28. The first kappa shape index (κ1) is 14.6. The van der Waals surface area contributed by atoms with E-state index in [1.807, 2.05) is 0 Å². The average molecular weight is 260 g/mol. The van der Waals surface area contributed by atoms with Crippen molar-refractivity contribution in [2.45, 2.75) is 18.5 Å². The number of azo groups is 1. The minimum absolute atomic E-state index is 0.273. The highest BCUT2D eigenvalue weighted by Gasteiger charge is 2.33. The molecule has 6 heteroatoms. The van der Waals surface area contributed by atoms with Gasteiger partial charge in [-0.05, 0) is 18.1 Å². The number of rotatable bonds is 7. The summed E-state index contributed by atoms with van der Waals surface area (Å²) >= 11 is 0. The molecule has 0 atom stereocenters. The van der Waals surface area contributed by atoms with E-state index in [-0.39, 0.29) is 12.6 Å². The van der Waals surface area contributed by atoms with Crippen LogP contribution >= 0.6 is 0 Å². The van der Waals surface area contributed by atoms with Crippen LogP contribution in [0.15, 0.2) is 34.5 Å². The highest BCUT2D eigenvalue weighted by atomic mass is 16.1. The first-order valence-electron chi connectivity index (χ1n) is 5.45. The maximum absolute atomic E-state index is 11.2. The first-order chi connectivity index (χ1) is 9.13. The first-order valence-corrected chi connectivity index (χ1v) is 5.45. The highest BCUT2D eigenvalue weighted by molar-refractivity contribution is 5.91. The number of aldehydes is 4. The molecule has 0 saturated carbocycles. The third-order valence-corrected chi connectivity index (χ3v) is 2.57. The predicted molar refractivity (Wildman–Crippen MR) is 65.8 cm³/mol. The summed E-state index contributed by atoms with van der Waals surface area (Å²) in [7, 11) is 0. The second kappa shape index (κ2) is 6.44. The monoisotopic (exact) mass is 260 g/mol. The Kier molecular flexibility index (Phi) is 4.93. The van der Waals surface area contributed by atoms with Gasteiger partial charge in [-0.1, -0.05) is 24.3 Å². The van der Waals surface area contributed by atoms with E-state index >= 15 is 0 Å². The van der Waals surface area contributed by atoms with Gasteiger partial charge in [-0.2, -0.15) is 10.2 Å². The number of aryl methyl sites for hydroxylation is 1. The maximum atomic E-state index is 11.2. The Bertz CT molecular complexity index is 509. The van der Waals surface area contributed by atoms with Crippen LogP contribution in [0.2, 0.25) is 0 Å². The lowest BCUT2D eigenvalue weighted by Gasteiger charge is -2.18. The van der Waals surface area contributed by atoms with Gasteiger partial charge in [0.2, 0.25) is 5.54 Å². The normalized spacial score (nSPS) is 11.5. The van der Waals surface area contributed by atoms with E-state index in [0.717, 1.165) is 0 Å². The molecular formula is C13H12N2O4. The number of benzene rings is 1. The molecule has 0 amide bonds. The molecular weight excluding hydrogens is 248 g/mol. The van der Waals surface area contributed by atoms with Gasteiger partial charge in [-0.3, -0.25) is 9.59 Å². The summed E-state index contributed by atoms with van der Waals surface area (Å²) in [6, 6.07) is 5.35. The highest BCUT2D eigenvalue weighted by Crippen LogP contribution is 2.25. The zero-order valence-electron chi connectivity index (χ0n) is 10.2. The molecule has 0 spiro atoms. The molecule has 6 nitrogen and oxygen atoms in total. The van der Waals surface area contributed by atoms with Gasteiger partial charge in [0.25, 0.3) is 0 Å². The zero-order valence-corrected chi connectivity index (χ0v) is 10.2. The molecule has 0 N–H and O–H groups in total. The fraction of sp³-hybridized carbons (Fsp3) is 0.231. The number of hydrogen-bond acceptors (Lipinski definition) is 6. The van der Waals surface area contributed by atoms with Crippen molar-refractivity contribution in [2.75, 3.05) is 0 Å². The molecule has 1 aromatic rings. The van der Waals surface area contributed by atoms with Crippen molar-refractivity contribution in [3.63, 3.8) is 0 Å². The van der Waals surface area contributed by atoms with Crippen LogP contribution in [0.5, 0.6) is 0 Å². The zero-order chi connectivity index (χ0) is 14.3. The third kappa shape index (κ3) is 3.04. The Hall–Kier alpha value is -2.50. The molecule has 0 saturated heterocycles. The SMILES string of the molecule is Cc1ccccc1C(C=O)(C=O)N=NC(C=O)C=O.